The zero-order valence-electron chi connectivity index (χ0n) is 18.6. The van der Waals surface area contributed by atoms with E-state index in [1.807, 2.05) is 36.4 Å². The molecule has 0 spiro atoms. The second-order valence-corrected chi connectivity index (χ2v) is 8.32. The van der Waals surface area contributed by atoms with Gasteiger partial charge in [0, 0.05) is 24.7 Å². The van der Waals surface area contributed by atoms with Crippen molar-refractivity contribution in [3.05, 3.63) is 64.4 Å². The average Bonchev–Trinajstić information content (AvgIpc) is 2.85. The van der Waals surface area contributed by atoms with Crippen LogP contribution in [0.5, 0.6) is 5.75 Å². The number of benzene rings is 2. The summed E-state index contributed by atoms with van der Waals surface area (Å²) < 4.78 is 6.94. The van der Waals surface area contributed by atoms with E-state index in [0.717, 1.165) is 29.1 Å². The van der Waals surface area contributed by atoms with E-state index < -0.39 is 0 Å². The van der Waals surface area contributed by atoms with Crippen molar-refractivity contribution in [2.45, 2.75) is 32.1 Å². The summed E-state index contributed by atoms with van der Waals surface area (Å²) in [4.78, 5) is 18.0. The van der Waals surface area contributed by atoms with Crippen LogP contribution in [0.25, 0.3) is 22.5 Å². The summed E-state index contributed by atoms with van der Waals surface area (Å²) in [5.74, 6) is 1.70. The van der Waals surface area contributed by atoms with Crippen molar-refractivity contribution in [2.24, 2.45) is 13.0 Å². The van der Waals surface area contributed by atoms with Gasteiger partial charge in [0.1, 0.15) is 5.75 Å². The molecule has 0 radical (unpaired) electrons. The first-order chi connectivity index (χ1) is 15.6. The third kappa shape index (κ3) is 4.52. The Hall–Kier alpha value is -3.59. The molecule has 0 bridgehead atoms. The van der Waals surface area contributed by atoms with Gasteiger partial charge in [0.25, 0.3) is 5.56 Å². The summed E-state index contributed by atoms with van der Waals surface area (Å²) >= 11 is 0. The molecule has 3 aromatic rings. The highest BCUT2D eigenvalue weighted by atomic mass is 16.5. The van der Waals surface area contributed by atoms with Crippen LogP contribution in [0.3, 0.4) is 0 Å². The number of ether oxygens (including phenoxy) is 1. The maximum absolute atomic E-state index is 13.2. The number of methoxy groups -OCH3 is 1. The number of hydrogen-bond donors (Lipinski definition) is 1. The largest absolute Gasteiger partial charge is 0.497 e. The van der Waals surface area contributed by atoms with E-state index in [1.54, 1.807) is 30.9 Å². The third-order valence-electron chi connectivity index (χ3n) is 6.22. The fourth-order valence-corrected chi connectivity index (χ4v) is 4.36. The van der Waals surface area contributed by atoms with Crippen LogP contribution in [0, 0.1) is 17.2 Å². The van der Waals surface area contributed by atoms with Gasteiger partial charge in [-0.25, -0.2) is 4.98 Å². The molecule has 0 atom stereocenters. The summed E-state index contributed by atoms with van der Waals surface area (Å²) in [5, 5.41) is 12.5. The van der Waals surface area contributed by atoms with E-state index in [-0.39, 0.29) is 5.56 Å². The molecular weight excluding hydrogens is 400 g/mol. The van der Waals surface area contributed by atoms with Gasteiger partial charge in [-0.1, -0.05) is 31.4 Å². The summed E-state index contributed by atoms with van der Waals surface area (Å²) in [7, 11) is 3.41. The minimum absolute atomic E-state index is 0.149. The highest BCUT2D eigenvalue weighted by Gasteiger charge is 2.19. The van der Waals surface area contributed by atoms with Crippen molar-refractivity contribution >= 4 is 5.82 Å². The Labute approximate surface area is 188 Å². The Kier molecular flexibility index (Phi) is 6.55. The zero-order chi connectivity index (χ0) is 22.5. The summed E-state index contributed by atoms with van der Waals surface area (Å²) in [5.41, 5.74) is 3.59. The molecule has 1 aromatic heterocycles. The van der Waals surface area contributed by atoms with Gasteiger partial charge in [0.15, 0.2) is 5.82 Å². The molecule has 6 heteroatoms. The molecular formula is C26H28N4O2. The zero-order valence-corrected chi connectivity index (χ0v) is 18.6. The molecule has 1 aliphatic rings. The Morgan fingerprint density at radius 3 is 2.34 bits per heavy atom. The van der Waals surface area contributed by atoms with Gasteiger partial charge < -0.3 is 14.6 Å². The summed E-state index contributed by atoms with van der Waals surface area (Å²) in [6.07, 6.45) is 6.20. The molecule has 0 saturated heterocycles. The van der Waals surface area contributed by atoms with Gasteiger partial charge in [0.2, 0.25) is 0 Å². The van der Waals surface area contributed by atoms with Gasteiger partial charge in [-0.2, -0.15) is 5.26 Å². The maximum Gasteiger partial charge on any atom is 0.293 e. The molecule has 6 nitrogen and oxygen atoms in total. The minimum Gasteiger partial charge on any atom is -0.497 e. The first-order valence-corrected chi connectivity index (χ1v) is 11.1. The van der Waals surface area contributed by atoms with E-state index in [9.17, 15) is 4.79 Å². The highest BCUT2D eigenvalue weighted by molar-refractivity contribution is 5.79. The fourth-order valence-electron chi connectivity index (χ4n) is 4.36. The lowest BCUT2D eigenvalue weighted by Crippen LogP contribution is -2.27. The monoisotopic (exact) mass is 428 g/mol. The van der Waals surface area contributed by atoms with E-state index in [1.165, 1.54) is 32.1 Å². The molecule has 1 aliphatic carbocycles. The van der Waals surface area contributed by atoms with Crippen molar-refractivity contribution in [2.75, 3.05) is 19.0 Å². The second kappa shape index (κ2) is 9.69. The number of nitrogens with one attached hydrogen (secondary N) is 1. The molecule has 4 rings (SSSR count). The number of hydrogen-bond acceptors (Lipinski definition) is 5. The van der Waals surface area contributed by atoms with Crippen LogP contribution in [-0.4, -0.2) is 23.2 Å². The topological polar surface area (TPSA) is 79.9 Å². The van der Waals surface area contributed by atoms with Crippen molar-refractivity contribution in [1.29, 1.82) is 5.26 Å². The smallest absolute Gasteiger partial charge is 0.293 e. The van der Waals surface area contributed by atoms with Crippen LogP contribution < -0.4 is 15.6 Å². The third-order valence-corrected chi connectivity index (χ3v) is 6.22. The van der Waals surface area contributed by atoms with Gasteiger partial charge in [0.05, 0.1) is 30.1 Å². The standard InChI is InChI=1S/C26H28N4O2/c1-30-24(21-12-14-22(32-2)15-13-21)23(20-10-8-18(16-27)9-11-20)29-25(26(30)31)28-17-19-6-4-3-5-7-19/h8-15,19H,3-7,17H2,1-2H3,(H,28,29). The molecule has 0 unspecified atom stereocenters. The van der Waals surface area contributed by atoms with Crippen LogP contribution in [0.1, 0.15) is 37.7 Å². The first-order valence-electron chi connectivity index (χ1n) is 11.1. The van der Waals surface area contributed by atoms with Crippen LogP contribution >= 0.6 is 0 Å². The number of aromatic nitrogens is 2. The summed E-state index contributed by atoms with van der Waals surface area (Å²) in [6.45, 7) is 0.761. The van der Waals surface area contributed by atoms with Crippen LogP contribution in [0.2, 0.25) is 0 Å². The number of rotatable bonds is 6. The van der Waals surface area contributed by atoms with E-state index >= 15 is 0 Å². The maximum atomic E-state index is 13.2. The Morgan fingerprint density at radius 2 is 1.72 bits per heavy atom. The van der Waals surface area contributed by atoms with Gasteiger partial charge >= 0.3 is 0 Å². The van der Waals surface area contributed by atoms with Crippen LogP contribution in [0.15, 0.2) is 53.3 Å². The predicted octanol–water partition coefficient (Wildman–Crippen LogP) is 4.99. The molecule has 2 aromatic carbocycles. The lowest BCUT2D eigenvalue weighted by Gasteiger charge is -2.22. The molecule has 1 fully saturated rings. The number of nitrogens with zero attached hydrogens (tertiary/aromatic N) is 3. The quantitative estimate of drug-likeness (QED) is 0.598. The Balaban J connectivity index is 1.79. The second-order valence-electron chi connectivity index (χ2n) is 8.32. The number of anilines is 1. The molecule has 32 heavy (non-hydrogen) atoms. The fraction of sp³-hybridized carbons (Fsp3) is 0.346. The Bertz CT molecular complexity index is 1170. The molecule has 164 valence electrons. The molecule has 0 amide bonds. The van der Waals surface area contributed by atoms with E-state index in [2.05, 4.69) is 11.4 Å². The highest BCUT2D eigenvalue weighted by Crippen LogP contribution is 2.32. The van der Waals surface area contributed by atoms with Gasteiger partial charge in [-0.05, 0) is 55.2 Å². The molecule has 1 heterocycles. The number of nitriles is 1. The van der Waals surface area contributed by atoms with Crippen molar-refractivity contribution < 1.29 is 4.74 Å². The van der Waals surface area contributed by atoms with Crippen molar-refractivity contribution in [1.82, 2.24) is 9.55 Å². The Morgan fingerprint density at radius 1 is 1.06 bits per heavy atom. The first kappa shape index (κ1) is 21.6. The molecule has 1 saturated carbocycles. The molecule has 0 aliphatic heterocycles. The molecule has 1 N–H and O–H groups in total. The van der Waals surface area contributed by atoms with Crippen molar-refractivity contribution in [3.63, 3.8) is 0 Å². The minimum atomic E-state index is -0.149. The summed E-state index contributed by atoms with van der Waals surface area (Å²) in [6, 6.07) is 17.1. The van der Waals surface area contributed by atoms with E-state index in [0.29, 0.717) is 23.0 Å². The lowest BCUT2D eigenvalue weighted by molar-refractivity contribution is 0.373. The van der Waals surface area contributed by atoms with Gasteiger partial charge in [-0.15, -0.1) is 0 Å². The normalized spacial score (nSPS) is 14.0. The van der Waals surface area contributed by atoms with E-state index in [4.69, 9.17) is 15.0 Å². The SMILES string of the molecule is COc1ccc(-c2c(-c3ccc(C#N)cc3)nc(NCC3CCCCC3)c(=O)n2C)cc1. The van der Waals surface area contributed by atoms with Crippen LogP contribution in [-0.2, 0) is 7.05 Å². The lowest BCUT2D eigenvalue weighted by atomic mass is 9.89. The van der Waals surface area contributed by atoms with Crippen molar-refractivity contribution in [3.8, 4) is 34.3 Å². The van der Waals surface area contributed by atoms with Gasteiger partial charge in [-0.3, -0.25) is 4.79 Å². The predicted molar refractivity (Wildman–Crippen MR) is 127 cm³/mol. The van der Waals surface area contributed by atoms with Crippen LogP contribution in [0.4, 0.5) is 5.82 Å². The average molecular weight is 429 g/mol.